The highest BCUT2D eigenvalue weighted by molar-refractivity contribution is 5.84. The van der Waals surface area contributed by atoms with Crippen molar-refractivity contribution in [3.63, 3.8) is 0 Å². The third kappa shape index (κ3) is 2.93. The van der Waals surface area contributed by atoms with Crippen LogP contribution >= 0.6 is 0 Å². The average molecular weight is 380 g/mol. The molecule has 1 aliphatic heterocycles. The van der Waals surface area contributed by atoms with Gasteiger partial charge in [0.1, 0.15) is 11.6 Å². The van der Waals surface area contributed by atoms with E-state index in [-0.39, 0.29) is 17.9 Å². The van der Waals surface area contributed by atoms with Crippen molar-refractivity contribution in [3.8, 4) is 17.1 Å². The van der Waals surface area contributed by atoms with E-state index in [0.717, 1.165) is 22.3 Å². The van der Waals surface area contributed by atoms with E-state index in [1.807, 2.05) is 35.5 Å². The largest absolute Gasteiger partial charge is 0.473 e. The Morgan fingerprint density at radius 2 is 2.21 bits per heavy atom. The van der Waals surface area contributed by atoms with Crippen molar-refractivity contribution < 1.29 is 9.53 Å². The fourth-order valence-electron chi connectivity index (χ4n) is 3.92. The Morgan fingerprint density at radius 3 is 2.93 bits per heavy atom. The van der Waals surface area contributed by atoms with Gasteiger partial charge in [-0.2, -0.15) is 5.10 Å². The number of hydrogen-bond donors (Lipinski definition) is 1. The van der Waals surface area contributed by atoms with Crippen LogP contribution in [0.1, 0.15) is 38.6 Å². The Bertz CT molecular complexity index is 1030. The zero-order valence-electron chi connectivity index (χ0n) is 16.1. The van der Waals surface area contributed by atoms with Gasteiger partial charge in [-0.1, -0.05) is 0 Å². The minimum atomic E-state index is -0.127. The van der Waals surface area contributed by atoms with Crippen LogP contribution in [0, 0.1) is 5.92 Å². The van der Waals surface area contributed by atoms with Gasteiger partial charge in [-0.3, -0.25) is 9.48 Å². The summed E-state index contributed by atoms with van der Waals surface area (Å²) in [7, 11) is 1.93. The lowest BCUT2D eigenvalue weighted by Crippen LogP contribution is -2.26. The third-order valence-electron chi connectivity index (χ3n) is 5.98. The lowest BCUT2D eigenvalue weighted by Gasteiger charge is -2.25. The molecule has 2 fully saturated rings. The Balaban J connectivity index is 1.49. The number of aromatic nitrogens is 5. The highest BCUT2D eigenvalue weighted by atomic mass is 16.5. The van der Waals surface area contributed by atoms with Gasteiger partial charge in [-0.05, 0) is 32.3 Å². The molecule has 4 heterocycles. The highest BCUT2D eigenvalue weighted by Gasteiger charge is 2.29. The zero-order chi connectivity index (χ0) is 19.3. The van der Waals surface area contributed by atoms with Crippen LogP contribution in [-0.2, 0) is 11.8 Å². The summed E-state index contributed by atoms with van der Waals surface area (Å²) in [6.07, 6.45) is 9.71. The molecule has 5 rings (SSSR count). The maximum absolute atomic E-state index is 11.6. The average Bonchev–Trinajstić information content (AvgIpc) is 3.34. The summed E-state index contributed by atoms with van der Waals surface area (Å²) in [5.74, 6) is 0.773. The molecule has 2 atom stereocenters. The van der Waals surface area contributed by atoms with E-state index in [9.17, 15) is 4.79 Å². The molecule has 2 aliphatic rings. The standard InChI is InChI=1S/C20H24N6O2/c1-12(13-6-18(27)21-8-13)28-20-19-17(22-11-25(19)2)7-16(24-20)14-9-23-26(10-14)15-4-3-5-15/h7,9-13,15H,3-6,8H2,1-2H3,(H,21,27). The fraction of sp³-hybridized carbons (Fsp3) is 0.500. The number of carbonyl (C=O) groups is 1. The molecule has 0 bridgehead atoms. The Kier molecular flexibility index (Phi) is 4.07. The molecule has 28 heavy (non-hydrogen) atoms. The number of fused-ring (bicyclic) bond motifs is 1. The first-order chi connectivity index (χ1) is 13.6. The van der Waals surface area contributed by atoms with Gasteiger partial charge in [0, 0.05) is 37.7 Å². The number of nitrogens with zero attached hydrogens (tertiary/aromatic N) is 5. The van der Waals surface area contributed by atoms with Crippen LogP contribution in [0.3, 0.4) is 0 Å². The van der Waals surface area contributed by atoms with Crippen molar-refractivity contribution in [3.05, 3.63) is 24.8 Å². The van der Waals surface area contributed by atoms with Crippen molar-refractivity contribution in [2.75, 3.05) is 6.54 Å². The Hall–Kier alpha value is -2.90. The van der Waals surface area contributed by atoms with Crippen molar-refractivity contribution in [1.29, 1.82) is 0 Å². The zero-order valence-corrected chi connectivity index (χ0v) is 16.1. The maximum Gasteiger partial charge on any atom is 0.241 e. The van der Waals surface area contributed by atoms with Gasteiger partial charge in [-0.15, -0.1) is 0 Å². The summed E-state index contributed by atoms with van der Waals surface area (Å²) in [6.45, 7) is 2.64. The van der Waals surface area contributed by atoms with E-state index in [1.165, 1.54) is 19.3 Å². The molecule has 0 radical (unpaired) electrons. The van der Waals surface area contributed by atoms with Crippen molar-refractivity contribution in [1.82, 2.24) is 29.6 Å². The molecule has 8 heteroatoms. The quantitative estimate of drug-likeness (QED) is 0.735. The number of imidazole rings is 1. The van der Waals surface area contributed by atoms with Crippen molar-refractivity contribution in [2.24, 2.45) is 13.0 Å². The second-order valence-corrected chi connectivity index (χ2v) is 7.92. The smallest absolute Gasteiger partial charge is 0.241 e. The van der Waals surface area contributed by atoms with E-state index in [4.69, 9.17) is 9.72 Å². The number of hydrogen-bond acceptors (Lipinski definition) is 5. The van der Waals surface area contributed by atoms with Crippen molar-refractivity contribution in [2.45, 2.75) is 44.8 Å². The van der Waals surface area contributed by atoms with Crippen molar-refractivity contribution >= 4 is 16.9 Å². The highest BCUT2D eigenvalue weighted by Crippen LogP contribution is 2.34. The summed E-state index contributed by atoms with van der Waals surface area (Å²) < 4.78 is 10.2. The molecule has 146 valence electrons. The molecule has 2 unspecified atom stereocenters. The molecule has 3 aromatic heterocycles. The lowest BCUT2D eigenvalue weighted by atomic mass is 9.93. The number of pyridine rings is 1. The molecule has 3 aromatic rings. The number of carbonyl (C=O) groups excluding carboxylic acids is 1. The van der Waals surface area contributed by atoms with E-state index < -0.39 is 0 Å². The number of rotatable bonds is 5. The molecule has 0 aromatic carbocycles. The van der Waals surface area contributed by atoms with Gasteiger partial charge in [0.2, 0.25) is 11.8 Å². The molecule has 1 saturated carbocycles. The summed E-state index contributed by atoms with van der Waals surface area (Å²) >= 11 is 0. The predicted octanol–water partition coefficient (Wildman–Crippen LogP) is 2.46. The topological polar surface area (TPSA) is 86.9 Å². The van der Waals surface area contributed by atoms with E-state index in [1.54, 1.807) is 6.33 Å². The number of aryl methyl sites for hydroxylation is 1. The number of amides is 1. The summed E-state index contributed by atoms with van der Waals surface area (Å²) in [5.41, 5.74) is 3.47. The minimum Gasteiger partial charge on any atom is -0.473 e. The van der Waals surface area contributed by atoms with Gasteiger partial charge in [0.25, 0.3) is 0 Å². The normalized spacial score (nSPS) is 20.9. The number of ether oxygens (including phenoxy) is 1. The molecule has 1 saturated heterocycles. The van der Waals surface area contributed by atoms with Crippen LogP contribution in [0.2, 0.25) is 0 Å². The molecule has 1 amide bonds. The van der Waals surface area contributed by atoms with Crippen LogP contribution in [0.25, 0.3) is 22.3 Å². The monoisotopic (exact) mass is 380 g/mol. The molecular weight excluding hydrogens is 356 g/mol. The van der Waals surface area contributed by atoms with Gasteiger partial charge in [0.15, 0.2) is 0 Å². The number of nitrogens with one attached hydrogen (secondary N) is 1. The van der Waals surface area contributed by atoms with E-state index >= 15 is 0 Å². The van der Waals surface area contributed by atoms with Gasteiger partial charge in [-0.25, -0.2) is 9.97 Å². The lowest BCUT2D eigenvalue weighted by molar-refractivity contribution is -0.119. The van der Waals surface area contributed by atoms with Crippen LogP contribution in [0.5, 0.6) is 5.88 Å². The fourth-order valence-corrected chi connectivity index (χ4v) is 3.92. The van der Waals surface area contributed by atoms with Crippen LogP contribution in [0.4, 0.5) is 0 Å². The van der Waals surface area contributed by atoms with Gasteiger partial charge < -0.3 is 14.6 Å². The molecule has 0 spiro atoms. The Morgan fingerprint density at radius 1 is 1.36 bits per heavy atom. The van der Waals surface area contributed by atoms with Crippen LogP contribution in [0.15, 0.2) is 24.8 Å². The van der Waals surface area contributed by atoms with Crippen LogP contribution in [-0.4, -0.2) is 42.9 Å². The predicted molar refractivity (Wildman–Crippen MR) is 104 cm³/mol. The van der Waals surface area contributed by atoms with Gasteiger partial charge in [0.05, 0.1) is 29.8 Å². The summed E-state index contributed by atoms with van der Waals surface area (Å²) in [5, 5.41) is 7.40. The first-order valence-electron chi connectivity index (χ1n) is 9.88. The van der Waals surface area contributed by atoms with Gasteiger partial charge >= 0.3 is 0 Å². The third-order valence-corrected chi connectivity index (χ3v) is 5.98. The minimum absolute atomic E-state index is 0.0799. The molecular formula is C20H24N6O2. The Labute approximate surface area is 162 Å². The summed E-state index contributed by atoms with van der Waals surface area (Å²) in [6, 6.07) is 2.49. The van der Waals surface area contributed by atoms with E-state index in [0.29, 0.717) is 24.9 Å². The molecule has 1 aliphatic carbocycles. The van der Waals surface area contributed by atoms with E-state index in [2.05, 4.69) is 21.6 Å². The first-order valence-corrected chi connectivity index (χ1v) is 9.88. The first kappa shape index (κ1) is 17.2. The van der Waals surface area contributed by atoms with Crippen LogP contribution < -0.4 is 10.1 Å². The SMILES string of the molecule is CC(Oc1nc(-c2cnn(C3CCC3)c2)cc2ncn(C)c12)C1CNC(=O)C1. The second kappa shape index (κ2) is 6.61. The summed E-state index contributed by atoms with van der Waals surface area (Å²) in [4.78, 5) is 20.9. The maximum atomic E-state index is 11.6. The molecule has 8 nitrogen and oxygen atoms in total. The second-order valence-electron chi connectivity index (χ2n) is 7.92. The molecule has 1 N–H and O–H groups in total.